The minimum Gasteiger partial charge on any atom is -0.304 e. The van der Waals surface area contributed by atoms with Gasteiger partial charge >= 0.3 is 0 Å². The van der Waals surface area contributed by atoms with Crippen LogP contribution >= 0.6 is 0 Å². The molecule has 0 amide bonds. The largest absolute Gasteiger partial charge is 0.304 e. The van der Waals surface area contributed by atoms with Crippen molar-refractivity contribution >= 4 is 16.4 Å². The third-order valence-corrected chi connectivity index (χ3v) is 5.55. The molecule has 1 saturated heterocycles. The molecule has 142 valence electrons. The molecule has 4 aromatic rings. The van der Waals surface area contributed by atoms with Crippen LogP contribution in [0, 0.1) is 13.8 Å². The maximum atomic E-state index is 13.0. The summed E-state index contributed by atoms with van der Waals surface area (Å²) in [5.74, 6) is 0. The molecule has 0 spiro atoms. The fraction of sp³-hybridized carbons (Fsp3) is 0.333. The van der Waals surface area contributed by atoms with Crippen LogP contribution in [-0.4, -0.2) is 49.4 Å². The van der Waals surface area contributed by atoms with E-state index >= 15 is 0 Å². The van der Waals surface area contributed by atoms with E-state index in [-0.39, 0.29) is 11.6 Å². The monoisotopic (exact) mass is 374 g/mol. The third-order valence-electron chi connectivity index (χ3n) is 5.55. The van der Waals surface area contributed by atoms with E-state index in [1.807, 2.05) is 48.8 Å². The van der Waals surface area contributed by atoms with Crippen LogP contribution in [-0.2, 0) is 0 Å². The van der Waals surface area contributed by atoms with Crippen molar-refractivity contribution in [1.29, 1.82) is 0 Å². The normalized spacial score (nSPS) is 17.8. The molecule has 0 N–H and O–H groups in total. The van der Waals surface area contributed by atoms with E-state index in [1.165, 1.54) is 0 Å². The number of benzene rings is 1. The van der Waals surface area contributed by atoms with Crippen LogP contribution in [0.4, 0.5) is 0 Å². The summed E-state index contributed by atoms with van der Waals surface area (Å²) in [6, 6.07) is 8.03. The van der Waals surface area contributed by atoms with Crippen LogP contribution in [0.5, 0.6) is 0 Å². The maximum Gasteiger partial charge on any atom is 0.274 e. The zero-order valence-electron chi connectivity index (χ0n) is 16.3. The molecule has 7 nitrogen and oxygen atoms in total. The second-order valence-electron chi connectivity index (χ2n) is 7.76. The van der Waals surface area contributed by atoms with Crippen LogP contribution < -0.4 is 5.56 Å². The molecule has 1 aromatic carbocycles. The van der Waals surface area contributed by atoms with Gasteiger partial charge in [0.15, 0.2) is 5.65 Å². The standard InChI is InChI=1S/C21H22N6O/c1-13-8-19(24-26-11-14(2)23-20(13)26)15-4-5-18-16(9-15)10-22-27(21(18)28)17-6-7-25(3)12-17/h4-5,8-11,17H,6-7,12H2,1-3H3. The first-order chi connectivity index (χ1) is 13.5. The Morgan fingerprint density at radius 2 is 2.04 bits per heavy atom. The number of nitrogens with zero attached hydrogens (tertiary/aromatic N) is 6. The van der Waals surface area contributed by atoms with Gasteiger partial charge in [-0.25, -0.2) is 14.2 Å². The number of imidazole rings is 1. The molecule has 1 aliphatic rings. The Bertz CT molecular complexity index is 1270. The molecule has 5 rings (SSSR count). The van der Waals surface area contributed by atoms with Gasteiger partial charge < -0.3 is 4.90 Å². The molecule has 1 unspecified atom stereocenters. The summed E-state index contributed by atoms with van der Waals surface area (Å²) in [4.78, 5) is 19.7. The lowest BCUT2D eigenvalue weighted by Crippen LogP contribution is -2.28. The molecule has 28 heavy (non-hydrogen) atoms. The molecule has 3 aromatic heterocycles. The molecule has 0 bridgehead atoms. The highest BCUT2D eigenvalue weighted by molar-refractivity contribution is 5.85. The lowest BCUT2D eigenvalue weighted by atomic mass is 10.1. The van der Waals surface area contributed by atoms with Crippen LogP contribution in [0.2, 0.25) is 0 Å². The number of fused-ring (bicyclic) bond motifs is 2. The van der Waals surface area contributed by atoms with E-state index in [2.05, 4.69) is 22.0 Å². The summed E-state index contributed by atoms with van der Waals surface area (Å²) in [6.07, 6.45) is 4.68. The Morgan fingerprint density at radius 1 is 1.18 bits per heavy atom. The summed E-state index contributed by atoms with van der Waals surface area (Å²) in [7, 11) is 2.08. The van der Waals surface area contributed by atoms with E-state index in [9.17, 15) is 4.79 Å². The number of rotatable bonds is 2. The topological polar surface area (TPSA) is 68.3 Å². The van der Waals surface area contributed by atoms with Gasteiger partial charge in [-0.1, -0.05) is 6.07 Å². The predicted octanol–water partition coefficient (Wildman–Crippen LogP) is 2.60. The zero-order valence-corrected chi connectivity index (χ0v) is 16.3. The number of hydrogen-bond acceptors (Lipinski definition) is 5. The van der Waals surface area contributed by atoms with E-state index in [0.717, 1.165) is 53.1 Å². The van der Waals surface area contributed by atoms with Crippen LogP contribution in [0.15, 0.2) is 41.5 Å². The van der Waals surface area contributed by atoms with Crippen molar-refractivity contribution < 1.29 is 0 Å². The summed E-state index contributed by atoms with van der Waals surface area (Å²) < 4.78 is 3.46. The van der Waals surface area contributed by atoms with Gasteiger partial charge in [-0.2, -0.15) is 10.2 Å². The first-order valence-corrected chi connectivity index (χ1v) is 9.54. The van der Waals surface area contributed by atoms with Crippen molar-refractivity contribution in [3.63, 3.8) is 0 Å². The van der Waals surface area contributed by atoms with Crippen LogP contribution in [0.25, 0.3) is 27.7 Å². The number of aromatic nitrogens is 5. The Morgan fingerprint density at radius 3 is 2.82 bits per heavy atom. The highest BCUT2D eigenvalue weighted by Gasteiger charge is 2.23. The smallest absolute Gasteiger partial charge is 0.274 e. The molecule has 1 fully saturated rings. The SMILES string of the molecule is Cc1cn2nc(-c3ccc4c(=O)n(C5CCN(C)C5)ncc4c3)cc(C)c2n1. The minimum atomic E-state index is -0.0193. The van der Waals surface area contributed by atoms with E-state index in [4.69, 9.17) is 5.10 Å². The Labute approximate surface area is 162 Å². The number of likely N-dealkylation sites (tertiary alicyclic amines) is 1. The van der Waals surface area contributed by atoms with Crippen molar-refractivity contribution in [3.05, 3.63) is 58.3 Å². The van der Waals surface area contributed by atoms with Crippen molar-refractivity contribution in [2.75, 3.05) is 20.1 Å². The summed E-state index contributed by atoms with van der Waals surface area (Å²) in [5, 5.41) is 10.7. The Hall–Kier alpha value is -3.06. The second-order valence-corrected chi connectivity index (χ2v) is 7.76. The lowest BCUT2D eigenvalue weighted by molar-refractivity contribution is 0.376. The molecular weight excluding hydrogens is 352 g/mol. The van der Waals surface area contributed by atoms with Crippen molar-refractivity contribution in [3.8, 4) is 11.3 Å². The molecule has 0 radical (unpaired) electrons. The van der Waals surface area contributed by atoms with Crippen LogP contribution in [0.3, 0.4) is 0 Å². The first-order valence-electron chi connectivity index (χ1n) is 9.54. The van der Waals surface area contributed by atoms with Gasteiger partial charge in [-0.05, 0) is 51.1 Å². The molecule has 0 saturated carbocycles. The van der Waals surface area contributed by atoms with E-state index in [0.29, 0.717) is 5.39 Å². The molecule has 1 aliphatic heterocycles. The van der Waals surface area contributed by atoms with Crippen LogP contribution in [0.1, 0.15) is 23.7 Å². The maximum absolute atomic E-state index is 13.0. The molecule has 7 heteroatoms. The molecule has 0 aliphatic carbocycles. The van der Waals surface area contributed by atoms with Gasteiger partial charge in [0.25, 0.3) is 5.56 Å². The fourth-order valence-electron chi connectivity index (χ4n) is 4.08. The highest BCUT2D eigenvalue weighted by Crippen LogP contribution is 2.24. The van der Waals surface area contributed by atoms with E-state index in [1.54, 1.807) is 10.9 Å². The summed E-state index contributed by atoms with van der Waals surface area (Å²) in [6.45, 7) is 5.86. The minimum absolute atomic E-state index is 0.0193. The quantitative estimate of drug-likeness (QED) is 0.539. The Kier molecular flexibility index (Phi) is 3.80. The number of aryl methyl sites for hydroxylation is 2. The number of likely N-dealkylation sites (N-methyl/N-ethyl adjacent to an activating group) is 1. The van der Waals surface area contributed by atoms with Gasteiger partial charge in [0, 0.05) is 24.0 Å². The molecule has 4 heterocycles. The van der Waals surface area contributed by atoms with Gasteiger partial charge in [0.05, 0.1) is 35.2 Å². The predicted molar refractivity (Wildman–Crippen MR) is 109 cm³/mol. The first kappa shape index (κ1) is 17.1. The van der Waals surface area contributed by atoms with Crippen molar-refractivity contribution in [1.82, 2.24) is 29.3 Å². The number of hydrogen-bond donors (Lipinski definition) is 0. The molecular formula is C21H22N6O. The lowest BCUT2D eigenvalue weighted by Gasteiger charge is -2.13. The Balaban J connectivity index is 1.60. The zero-order chi connectivity index (χ0) is 19.4. The second kappa shape index (κ2) is 6.24. The van der Waals surface area contributed by atoms with Crippen molar-refractivity contribution in [2.45, 2.75) is 26.3 Å². The highest BCUT2D eigenvalue weighted by atomic mass is 16.1. The van der Waals surface area contributed by atoms with Gasteiger partial charge in [0.2, 0.25) is 0 Å². The van der Waals surface area contributed by atoms with Gasteiger partial charge in [-0.15, -0.1) is 0 Å². The van der Waals surface area contributed by atoms with Gasteiger partial charge in [-0.3, -0.25) is 4.79 Å². The fourth-order valence-corrected chi connectivity index (χ4v) is 4.08. The average Bonchev–Trinajstić information content (AvgIpc) is 3.27. The summed E-state index contributed by atoms with van der Waals surface area (Å²) in [5.41, 5.74) is 4.67. The molecule has 1 atom stereocenters. The average molecular weight is 374 g/mol. The third kappa shape index (κ3) is 2.70. The van der Waals surface area contributed by atoms with Crippen molar-refractivity contribution in [2.24, 2.45) is 0 Å². The van der Waals surface area contributed by atoms with E-state index < -0.39 is 0 Å². The summed E-state index contributed by atoms with van der Waals surface area (Å²) >= 11 is 0. The van der Waals surface area contributed by atoms with Gasteiger partial charge in [0.1, 0.15) is 0 Å².